The maximum atomic E-state index is 4.16. The highest BCUT2D eigenvalue weighted by molar-refractivity contribution is 7.99. The van der Waals surface area contributed by atoms with E-state index in [2.05, 4.69) is 53.5 Å². The predicted octanol–water partition coefficient (Wildman–Crippen LogP) is 4.68. The first-order valence-electron chi connectivity index (χ1n) is 5.25. The first-order chi connectivity index (χ1) is 6.40. The minimum atomic E-state index is 0.179. The molecule has 2 atom stereocenters. The van der Waals surface area contributed by atoms with Crippen molar-refractivity contribution in [3.63, 3.8) is 0 Å². The van der Waals surface area contributed by atoms with Crippen molar-refractivity contribution in [3.05, 3.63) is 23.8 Å². The fraction of sp³-hybridized carbons (Fsp3) is 0.692. The summed E-state index contributed by atoms with van der Waals surface area (Å²) in [6.07, 6.45) is 5.70. The van der Waals surface area contributed by atoms with Crippen LogP contribution in [0.3, 0.4) is 0 Å². The van der Waals surface area contributed by atoms with Crippen LogP contribution in [0.2, 0.25) is 0 Å². The van der Waals surface area contributed by atoms with Crippen molar-refractivity contribution < 1.29 is 0 Å². The normalized spacial score (nSPS) is 17.0. The highest BCUT2D eigenvalue weighted by atomic mass is 32.2. The van der Waals surface area contributed by atoms with Gasteiger partial charge in [-0.1, -0.05) is 37.6 Å². The summed E-state index contributed by atoms with van der Waals surface area (Å²) in [5.74, 6) is 0. The Bertz CT molecular complexity index is 223. The van der Waals surface area contributed by atoms with Gasteiger partial charge in [-0.25, -0.2) is 0 Å². The van der Waals surface area contributed by atoms with Crippen LogP contribution in [-0.4, -0.2) is 11.5 Å². The summed E-state index contributed by atoms with van der Waals surface area (Å²) in [5.41, 5.74) is 2.84. The molecule has 0 aliphatic rings. The van der Waals surface area contributed by atoms with Gasteiger partial charge in [0.05, 0.1) is 0 Å². The number of rotatable bonds is 5. The van der Waals surface area contributed by atoms with E-state index in [1.165, 1.54) is 11.1 Å². The Morgan fingerprint density at radius 3 is 2.14 bits per heavy atom. The summed E-state index contributed by atoms with van der Waals surface area (Å²) >= 11 is 1.92. The zero-order chi connectivity index (χ0) is 11.4. The average molecular weight is 212 g/mol. The molecule has 0 radical (unpaired) electrons. The van der Waals surface area contributed by atoms with Gasteiger partial charge in [0.15, 0.2) is 0 Å². The molecule has 0 aromatic rings. The molecule has 0 heterocycles. The van der Waals surface area contributed by atoms with Gasteiger partial charge >= 0.3 is 0 Å². The molecule has 0 N–H and O–H groups in total. The highest BCUT2D eigenvalue weighted by Crippen LogP contribution is 2.41. The molecule has 14 heavy (non-hydrogen) atoms. The van der Waals surface area contributed by atoms with Gasteiger partial charge in [-0.3, -0.25) is 0 Å². The summed E-state index contributed by atoms with van der Waals surface area (Å²) < 4.78 is 0. The molecular formula is C13H24S. The molecule has 0 aliphatic heterocycles. The molecular weight excluding hydrogens is 188 g/mol. The summed E-state index contributed by atoms with van der Waals surface area (Å²) in [6.45, 7) is 15.2. The topological polar surface area (TPSA) is 0 Å². The Labute approximate surface area is 93.9 Å². The van der Waals surface area contributed by atoms with Crippen molar-refractivity contribution in [2.45, 2.75) is 46.3 Å². The molecule has 0 aromatic carbocycles. The molecule has 0 fully saturated rings. The van der Waals surface area contributed by atoms with Gasteiger partial charge in [0.25, 0.3) is 0 Å². The molecule has 0 rings (SSSR count). The second-order valence-corrected chi connectivity index (χ2v) is 5.45. The van der Waals surface area contributed by atoms with Crippen molar-refractivity contribution in [2.75, 3.05) is 6.26 Å². The third kappa shape index (κ3) is 2.91. The van der Waals surface area contributed by atoms with E-state index in [1.807, 2.05) is 11.8 Å². The van der Waals surface area contributed by atoms with Gasteiger partial charge < -0.3 is 0 Å². The fourth-order valence-electron chi connectivity index (χ4n) is 2.00. The van der Waals surface area contributed by atoms with Crippen LogP contribution in [0, 0.1) is 5.41 Å². The van der Waals surface area contributed by atoms with Crippen LogP contribution in [0.5, 0.6) is 0 Å². The van der Waals surface area contributed by atoms with Crippen molar-refractivity contribution in [1.82, 2.24) is 0 Å². The molecule has 0 saturated heterocycles. The Hall–Kier alpha value is -0.170. The minimum absolute atomic E-state index is 0.179. The Balaban J connectivity index is 5.19. The lowest BCUT2D eigenvalue weighted by atomic mass is 9.75. The third-order valence-corrected chi connectivity index (χ3v) is 4.13. The first-order valence-corrected chi connectivity index (χ1v) is 6.54. The fourth-order valence-corrected chi connectivity index (χ4v) is 2.86. The maximum Gasteiger partial charge on any atom is 0.0201 e. The van der Waals surface area contributed by atoms with Crippen LogP contribution in [0.1, 0.15) is 41.0 Å². The van der Waals surface area contributed by atoms with E-state index in [4.69, 9.17) is 0 Å². The molecule has 0 amide bonds. The van der Waals surface area contributed by atoms with E-state index < -0.39 is 0 Å². The number of hydrogen-bond donors (Lipinski definition) is 0. The molecule has 82 valence electrons. The Kier molecular flexibility index (Phi) is 5.58. The maximum absolute atomic E-state index is 4.16. The lowest BCUT2D eigenvalue weighted by Crippen LogP contribution is -2.29. The van der Waals surface area contributed by atoms with Gasteiger partial charge in [0.2, 0.25) is 0 Å². The minimum Gasteiger partial charge on any atom is -0.161 e. The molecule has 0 aliphatic carbocycles. The zero-order valence-electron chi connectivity index (χ0n) is 10.5. The zero-order valence-corrected chi connectivity index (χ0v) is 11.3. The Morgan fingerprint density at radius 1 is 1.43 bits per heavy atom. The molecule has 0 spiro atoms. The lowest BCUT2D eigenvalue weighted by Gasteiger charge is -2.36. The van der Waals surface area contributed by atoms with Crippen LogP contribution >= 0.6 is 11.8 Å². The van der Waals surface area contributed by atoms with Crippen LogP contribution in [0.25, 0.3) is 0 Å². The van der Waals surface area contributed by atoms with E-state index in [1.54, 1.807) is 0 Å². The van der Waals surface area contributed by atoms with Gasteiger partial charge in [-0.2, -0.15) is 11.8 Å². The van der Waals surface area contributed by atoms with Crippen LogP contribution in [0.15, 0.2) is 23.8 Å². The quantitative estimate of drug-likeness (QED) is 0.596. The molecule has 0 aromatic heterocycles. The van der Waals surface area contributed by atoms with Gasteiger partial charge in [-0.15, -0.1) is 0 Å². The average Bonchev–Trinajstić information content (AvgIpc) is 2.12. The van der Waals surface area contributed by atoms with Crippen molar-refractivity contribution >= 4 is 11.8 Å². The Morgan fingerprint density at radius 2 is 1.93 bits per heavy atom. The number of thioether (sulfide) groups is 1. The standard InChI is InChI=1S/C13H24S/c1-8-13(11(4)5,9-10(2)3)12(6)14-7/h9,12H,4,8H2,1-3,5-7H3. The van der Waals surface area contributed by atoms with E-state index >= 15 is 0 Å². The lowest BCUT2D eigenvalue weighted by molar-refractivity contribution is 0.437. The molecule has 1 heteroatoms. The van der Waals surface area contributed by atoms with Crippen molar-refractivity contribution in [2.24, 2.45) is 5.41 Å². The smallest absolute Gasteiger partial charge is 0.0201 e. The summed E-state index contributed by atoms with van der Waals surface area (Å²) in [5, 5.41) is 0.597. The summed E-state index contributed by atoms with van der Waals surface area (Å²) in [6, 6.07) is 0. The largest absolute Gasteiger partial charge is 0.161 e. The molecule has 0 nitrogen and oxygen atoms in total. The first kappa shape index (κ1) is 13.8. The van der Waals surface area contributed by atoms with E-state index in [0.29, 0.717) is 5.25 Å². The number of hydrogen-bond acceptors (Lipinski definition) is 1. The summed E-state index contributed by atoms with van der Waals surface area (Å²) in [7, 11) is 0. The highest BCUT2D eigenvalue weighted by Gasteiger charge is 2.32. The second kappa shape index (κ2) is 5.65. The van der Waals surface area contributed by atoms with E-state index in [0.717, 1.165) is 6.42 Å². The van der Waals surface area contributed by atoms with Crippen LogP contribution < -0.4 is 0 Å². The van der Waals surface area contributed by atoms with Crippen molar-refractivity contribution in [1.29, 1.82) is 0 Å². The molecule has 2 unspecified atom stereocenters. The van der Waals surface area contributed by atoms with Gasteiger partial charge in [-0.05, 0) is 33.4 Å². The molecule has 0 saturated carbocycles. The third-order valence-electron chi connectivity index (χ3n) is 3.00. The molecule has 0 bridgehead atoms. The van der Waals surface area contributed by atoms with Gasteiger partial charge in [0.1, 0.15) is 0 Å². The van der Waals surface area contributed by atoms with E-state index in [9.17, 15) is 0 Å². The van der Waals surface area contributed by atoms with Crippen LogP contribution in [0.4, 0.5) is 0 Å². The van der Waals surface area contributed by atoms with Gasteiger partial charge in [0, 0.05) is 10.7 Å². The monoisotopic (exact) mass is 212 g/mol. The number of allylic oxidation sites excluding steroid dienone is 3. The predicted molar refractivity (Wildman–Crippen MR) is 69.9 cm³/mol. The van der Waals surface area contributed by atoms with Crippen LogP contribution in [-0.2, 0) is 0 Å². The summed E-state index contributed by atoms with van der Waals surface area (Å²) in [4.78, 5) is 0. The second-order valence-electron chi connectivity index (χ2n) is 4.27. The van der Waals surface area contributed by atoms with Crippen molar-refractivity contribution in [3.8, 4) is 0 Å². The van der Waals surface area contributed by atoms with E-state index in [-0.39, 0.29) is 5.41 Å². The SMILES string of the molecule is C=C(C)C(C=C(C)C)(CC)C(C)SC.